The lowest BCUT2D eigenvalue weighted by Gasteiger charge is -2.13. The van der Waals surface area contributed by atoms with Crippen LogP contribution in [0.25, 0.3) is 22.6 Å². The van der Waals surface area contributed by atoms with Crippen LogP contribution >= 0.6 is 23.2 Å². The smallest absolute Gasteiger partial charge is 0.257 e. The third-order valence-corrected chi connectivity index (χ3v) is 5.77. The molecule has 0 saturated heterocycles. The molecule has 0 unspecified atom stereocenters. The molecule has 1 amide bonds. The van der Waals surface area contributed by atoms with Crippen LogP contribution in [-0.4, -0.2) is 15.9 Å². The van der Waals surface area contributed by atoms with E-state index in [1.165, 1.54) is 12.1 Å². The SMILES string of the molecule is O=C(Nc1cccc(-c2cc(-c3cc(C4CCCC4)c(F)c(F)c3F)no2)c1)C(Cl)Cl. The topological polar surface area (TPSA) is 55.1 Å². The monoisotopic (exact) mass is 468 g/mol. The molecule has 1 N–H and O–H groups in total. The number of hydrogen-bond acceptors (Lipinski definition) is 3. The fraction of sp³-hybridized carbons (Fsp3) is 0.273. The molecule has 0 atom stereocenters. The molecule has 0 spiro atoms. The quantitative estimate of drug-likeness (QED) is 0.329. The van der Waals surface area contributed by atoms with Gasteiger partial charge in [-0.25, -0.2) is 13.2 Å². The fourth-order valence-electron chi connectivity index (χ4n) is 3.83. The summed E-state index contributed by atoms with van der Waals surface area (Å²) in [6.45, 7) is 0. The number of hydrogen-bond donors (Lipinski definition) is 1. The molecule has 4 nitrogen and oxygen atoms in total. The zero-order valence-corrected chi connectivity index (χ0v) is 17.6. The summed E-state index contributed by atoms with van der Waals surface area (Å²) in [7, 11) is 0. The number of carbonyl (C=O) groups excluding carboxylic acids is 1. The first-order valence-electron chi connectivity index (χ1n) is 9.69. The highest BCUT2D eigenvalue weighted by atomic mass is 35.5. The Bertz CT molecular complexity index is 1130. The van der Waals surface area contributed by atoms with Gasteiger partial charge < -0.3 is 9.84 Å². The third-order valence-electron chi connectivity index (χ3n) is 5.37. The van der Waals surface area contributed by atoms with Crippen molar-refractivity contribution in [2.75, 3.05) is 5.32 Å². The van der Waals surface area contributed by atoms with Crippen molar-refractivity contribution in [1.29, 1.82) is 0 Å². The van der Waals surface area contributed by atoms with E-state index in [4.69, 9.17) is 27.7 Å². The summed E-state index contributed by atoms with van der Waals surface area (Å²) in [5, 5.41) is 6.38. The molecule has 9 heteroatoms. The van der Waals surface area contributed by atoms with E-state index in [2.05, 4.69) is 10.5 Å². The van der Waals surface area contributed by atoms with E-state index in [9.17, 15) is 18.0 Å². The van der Waals surface area contributed by atoms with Crippen LogP contribution in [0, 0.1) is 17.5 Å². The largest absolute Gasteiger partial charge is 0.356 e. The minimum absolute atomic E-state index is 0.0432. The predicted molar refractivity (Wildman–Crippen MR) is 113 cm³/mol. The summed E-state index contributed by atoms with van der Waals surface area (Å²) in [4.78, 5) is 10.4. The van der Waals surface area contributed by atoms with Crippen molar-refractivity contribution < 1.29 is 22.5 Å². The number of benzene rings is 2. The molecular weight excluding hydrogens is 452 g/mol. The van der Waals surface area contributed by atoms with Crippen LogP contribution < -0.4 is 5.32 Å². The van der Waals surface area contributed by atoms with Crippen LogP contribution in [0.2, 0.25) is 0 Å². The van der Waals surface area contributed by atoms with E-state index in [-0.39, 0.29) is 28.5 Å². The van der Waals surface area contributed by atoms with Crippen molar-refractivity contribution in [3.63, 3.8) is 0 Å². The Hall–Kier alpha value is -2.51. The highest BCUT2D eigenvalue weighted by molar-refractivity contribution is 6.54. The Morgan fingerprint density at radius 3 is 2.52 bits per heavy atom. The Labute approximate surface area is 186 Å². The van der Waals surface area contributed by atoms with Gasteiger partial charge in [0.1, 0.15) is 5.69 Å². The average Bonchev–Trinajstić information content (AvgIpc) is 3.45. The van der Waals surface area contributed by atoms with Gasteiger partial charge in [-0.2, -0.15) is 0 Å². The summed E-state index contributed by atoms with van der Waals surface area (Å²) >= 11 is 11.1. The van der Waals surface area contributed by atoms with E-state index in [1.807, 2.05) is 0 Å². The normalized spacial score (nSPS) is 14.4. The molecule has 2 aromatic carbocycles. The number of aromatic nitrogens is 1. The Kier molecular flexibility index (Phi) is 6.25. The van der Waals surface area contributed by atoms with Crippen LogP contribution in [0.1, 0.15) is 37.2 Å². The van der Waals surface area contributed by atoms with Gasteiger partial charge in [0.2, 0.25) is 0 Å². The standard InChI is InChI=1S/C22H17Cl2F3N2O2/c23-21(24)22(30)28-13-7-3-6-12(8-13)17-10-16(29-31-17)15-9-14(11-4-1-2-5-11)18(25)20(27)19(15)26/h3,6-11,21H,1-2,4-5H2,(H,28,30). The summed E-state index contributed by atoms with van der Waals surface area (Å²) in [6, 6.07) is 9.30. The molecule has 3 aromatic rings. The van der Waals surface area contributed by atoms with Crippen molar-refractivity contribution in [2.45, 2.75) is 36.4 Å². The Balaban J connectivity index is 1.67. The van der Waals surface area contributed by atoms with Crippen molar-refractivity contribution in [3.05, 3.63) is 59.4 Å². The molecule has 1 saturated carbocycles. The van der Waals surface area contributed by atoms with Crippen molar-refractivity contribution >= 4 is 34.8 Å². The van der Waals surface area contributed by atoms with Crippen LogP contribution in [0.4, 0.5) is 18.9 Å². The molecular formula is C22H17Cl2F3N2O2. The number of halogens is 5. The van der Waals surface area contributed by atoms with E-state index < -0.39 is 28.2 Å². The molecule has 0 aliphatic heterocycles. The zero-order chi connectivity index (χ0) is 22.1. The number of amides is 1. The molecule has 31 heavy (non-hydrogen) atoms. The van der Waals surface area contributed by atoms with Crippen molar-refractivity contribution in [3.8, 4) is 22.6 Å². The first kappa shape index (κ1) is 21.7. The van der Waals surface area contributed by atoms with Gasteiger partial charge in [-0.15, -0.1) is 0 Å². The molecule has 1 aliphatic rings. The second-order valence-corrected chi connectivity index (χ2v) is 8.48. The highest BCUT2D eigenvalue weighted by Crippen LogP contribution is 2.39. The van der Waals surface area contributed by atoms with Gasteiger partial charge in [0, 0.05) is 22.9 Å². The van der Waals surface area contributed by atoms with E-state index in [1.54, 1.807) is 24.3 Å². The van der Waals surface area contributed by atoms with Crippen molar-refractivity contribution in [2.24, 2.45) is 0 Å². The van der Waals surface area contributed by atoms with Gasteiger partial charge in [0.05, 0.1) is 0 Å². The molecule has 1 aliphatic carbocycles. The first-order chi connectivity index (χ1) is 14.8. The first-order valence-corrected chi connectivity index (χ1v) is 10.6. The van der Waals surface area contributed by atoms with E-state index in [0.717, 1.165) is 25.7 Å². The lowest BCUT2D eigenvalue weighted by Crippen LogP contribution is -2.18. The number of nitrogens with one attached hydrogen (secondary N) is 1. The van der Waals surface area contributed by atoms with Gasteiger partial charge in [0.15, 0.2) is 28.0 Å². The highest BCUT2D eigenvalue weighted by Gasteiger charge is 2.27. The molecule has 0 bridgehead atoms. The van der Waals surface area contributed by atoms with Gasteiger partial charge in [-0.05, 0) is 42.5 Å². The van der Waals surface area contributed by atoms with Crippen molar-refractivity contribution in [1.82, 2.24) is 5.16 Å². The van der Waals surface area contributed by atoms with Gasteiger partial charge >= 0.3 is 0 Å². The minimum atomic E-state index is -1.51. The van der Waals surface area contributed by atoms with Gasteiger partial charge in [-0.1, -0.05) is 53.3 Å². The van der Waals surface area contributed by atoms with Crippen LogP contribution in [-0.2, 0) is 4.79 Å². The number of rotatable bonds is 5. The summed E-state index contributed by atoms with van der Waals surface area (Å²) in [5.41, 5.74) is 0.983. The molecule has 1 aromatic heterocycles. The van der Waals surface area contributed by atoms with Gasteiger partial charge in [0.25, 0.3) is 5.91 Å². The minimum Gasteiger partial charge on any atom is -0.356 e. The summed E-state index contributed by atoms with van der Waals surface area (Å²) in [6.07, 6.45) is 3.31. The predicted octanol–water partition coefficient (Wildman–Crippen LogP) is 6.83. The lowest BCUT2D eigenvalue weighted by atomic mass is 9.94. The average molecular weight is 469 g/mol. The Morgan fingerprint density at radius 1 is 1.06 bits per heavy atom. The van der Waals surface area contributed by atoms with Gasteiger partial charge in [-0.3, -0.25) is 4.79 Å². The number of nitrogens with zero attached hydrogens (tertiary/aromatic N) is 1. The maximum Gasteiger partial charge on any atom is 0.257 e. The maximum absolute atomic E-state index is 14.5. The number of alkyl halides is 2. The third kappa shape index (κ3) is 4.43. The maximum atomic E-state index is 14.5. The van der Waals surface area contributed by atoms with E-state index in [0.29, 0.717) is 11.3 Å². The molecule has 0 radical (unpaired) electrons. The molecule has 4 rings (SSSR count). The summed E-state index contributed by atoms with van der Waals surface area (Å²) in [5.74, 6) is -4.45. The second-order valence-electron chi connectivity index (χ2n) is 7.38. The molecule has 1 heterocycles. The molecule has 162 valence electrons. The fourth-order valence-corrected chi connectivity index (χ4v) is 3.94. The molecule has 1 fully saturated rings. The second kappa shape index (κ2) is 8.93. The van der Waals surface area contributed by atoms with E-state index >= 15 is 0 Å². The summed E-state index contributed by atoms with van der Waals surface area (Å²) < 4.78 is 48.5. The Morgan fingerprint density at radius 2 is 1.81 bits per heavy atom. The zero-order valence-electron chi connectivity index (χ0n) is 16.1. The lowest BCUT2D eigenvalue weighted by molar-refractivity contribution is -0.114. The van der Waals surface area contributed by atoms with Crippen LogP contribution in [0.5, 0.6) is 0 Å². The van der Waals surface area contributed by atoms with Crippen LogP contribution in [0.15, 0.2) is 40.9 Å². The van der Waals surface area contributed by atoms with Crippen LogP contribution in [0.3, 0.4) is 0 Å². The number of carbonyl (C=O) groups is 1. The number of anilines is 1.